The van der Waals surface area contributed by atoms with Crippen molar-refractivity contribution in [3.63, 3.8) is 0 Å². The van der Waals surface area contributed by atoms with E-state index in [1.165, 1.54) is 0 Å². The number of aromatic nitrogens is 3. The Labute approximate surface area is 82.7 Å². The molecule has 0 spiro atoms. The quantitative estimate of drug-likeness (QED) is 0.643. The van der Waals surface area contributed by atoms with Crippen LogP contribution in [0, 0.1) is 0 Å². The van der Waals surface area contributed by atoms with Gasteiger partial charge in [0.25, 0.3) is 0 Å². The first kappa shape index (κ1) is 9.33. The molecule has 1 aliphatic heterocycles. The maximum absolute atomic E-state index is 10.5. The fourth-order valence-corrected chi connectivity index (χ4v) is 2.03. The molecule has 5 heteroatoms. The van der Waals surface area contributed by atoms with E-state index in [0.717, 1.165) is 31.5 Å². The molecule has 2 rings (SSSR count). The fraction of sp³-hybridized carbons (Fsp3) is 0.667. The lowest BCUT2D eigenvalue weighted by atomic mass is 10.2. The molecule has 0 aromatic carbocycles. The second-order valence-electron chi connectivity index (χ2n) is 3.62. The Morgan fingerprint density at radius 2 is 2.57 bits per heavy atom. The van der Waals surface area contributed by atoms with Gasteiger partial charge in [-0.05, 0) is 19.4 Å². The van der Waals surface area contributed by atoms with Crippen LogP contribution in [0.1, 0.15) is 24.7 Å². The van der Waals surface area contributed by atoms with Gasteiger partial charge < -0.3 is 9.36 Å². The van der Waals surface area contributed by atoms with Crippen LogP contribution < -0.4 is 0 Å². The SMILES string of the molecule is Cn1cnnc1C1CCCN1CC=O. The van der Waals surface area contributed by atoms with Crippen LogP contribution in [0.5, 0.6) is 0 Å². The Morgan fingerprint density at radius 3 is 3.21 bits per heavy atom. The number of carbonyl (C=O) groups is 1. The molecule has 1 aliphatic rings. The van der Waals surface area contributed by atoms with E-state index in [1.54, 1.807) is 6.33 Å². The van der Waals surface area contributed by atoms with Gasteiger partial charge in [0.2, 0.25) is 0 Å². The van der Waals surface area contributed by atoms with Crippen molar-refractivity contribution >= 4 is 6.29 Å². The molecule has 0 saturated carbocycles. The van der Waals surface area contributed by atoms with Crippen LogP contribution in [0.3, 0.4) is 0 Å². The van der Waals surface area contributed by atoms with Crippen molar-refractivity contribution < 1.29 is 4.79 Å². The van der Waals surface area contributed by atoms with Crippen molar-refractivity contribution in [3.8, 4) is 0 Å². The minimum Gasteiger partial charge on any atom is -0.319 e. The number of hydrogen-bond acceptors (Lipinski definition) is 4. The highest BCUT2D eigenvalue weighted by molar-refractivity contribution is 5.52. The maximum Gasteiger partial charge on any atom is 0.149 e. The number of hydrogen-bond donors (Lipinski definition) is 0. The van der Waals surface area contributed by atoms with Crippen molar-refractivity contribution in [2.24, 2.45) is 7.05 Å². The molecule has 0 aliphatic carbocycles. The Balaban J connectivity index is 2.17. The van der Waals surface area contributed by atoms with Crippen LogP contribution in [0.2, 0.25) is 0 Å². The van der Waals surface area contributed by atoms with Gasteiger partial charge in [0, 0.05) is 7.05 Å². The molecular weight excluding hydrogens is 180 g/mol. The molecule has 0 amide bonds. The monoisotopic (exact) mass is 194 g/mol. The summed E-state index contributed by atoms with van der Waals surface area (Å²) in [7, 11) is 1.94. The van der Waals surface area contributed by atoms with Gasteiger partial charge in [-0.15, -0.1) is 10.2 Å². The van der Waals surface area contributed by atoms with E-state index in [-0.39, 0.29) is 6.04 Å². The van der Waals surface area contributed by atoms with E-state index in [1.807, 2.05) is 11.6 Å². The topological polar surface area (TPSA) is 51.0 Å². The summed E-state index contributed by atoms with van der Waals surface area (Å²) in [6.07, 6.45) is 4.85. The third kappa shape index (κ3) is 1.55. The number of likely N-dealkylation sites (tertiary alicyclic amines) is 1. The highest BCUT2D eigenvalue weighted by Crippen LogP contribution is 2.29. The van der Waals surface area contributed by atoms with E-state index in [4.69, 9.17) is 0 Å². The van der Waals surface area contributed by atoms with Gasteiger partial charge in [-0.1, -0.05) is 0 Å². The van der Waals surface area contributed by atoms with Crippen molar-refractivity contribution in [1.29, 1.82) is 0 Å². The smallest absolute Gasteiger partial charge is 0.149 e. The highest BCUT2D eigenvalue weighted by atomic mass is 16.1. The first-order valence-corrected chi connectivity index (χ1v) is 4.84. The average Bonchev–Trinajstić information content (AvgIpc) is 2.74. The van der Waals surface area contributed by atoms with Gasteiger partial charge in [-0.3, -0.25) is 4.90 Å². The second-order valence-corrected chi connectivity index (χ2v) is 3.62. The number of aryl methyl sites for hydroxylation is 1. The van der Waals surface area contributed by atoms with E-state index >= 15 is 0 Å². The average molecular weight is 194 g/mol. The molecular formula is C9H14N4O. The molecule has 5 nitrogen and oxygen atoms in total. The lowest BCUT2D eigenvalue weighted by Crippen LogP contribution is -2.26. The molecule has 1 aromatic rings. The summed E-state index contributed by atoms with van der Waals surface area (Å²) in [6, 6.07) is 0.271. The molecule has 14 heavy (non-hydrogen) atoms. The number of rotatable bonds is 3. The van der Waals surface area contributed by atoms with E-state index < -0.39 is 0 Å². The first-order chi connectivity index (χ1) is 6.83. The summed E-state index contributed by atoms with van der Waals surface area (Å²) in [4.78, 5) is 12.6. The summed E-state index contributed by atoms with van der Waals surface area (Å²) >= 11 is 0. The van der Waals surface area contributed by atoms with Crippen LogP contribution in [0.15, 0.2) is 6.33 Å². The fourth-order valence-electron chi connectivity index (χ4n) is 2.03. The molecule has 1 unspecified atom stereocenters. The number of carbonyl (C=O) groups excluding carboxylic acids is 1. The predicted octanol–water partition coefficient (Wildman–Crippen LogP) is 0.151. The predicted molar refractivity (Wildman–Crippen MR) is 50.6 cm³/mol. The standard InChI is InChI=1S/C9H14N4O/c1-12-7-10-11-9(12)8-3-2-4-13(8)5-6-14/h6-8H,2-5H2,1H3. The zero-order valence-corrected chi connectivity index (χ0v) is 8.26. The van der Waals surface area contributed by atoms with Crippen LogP contribution in [0.25, 0.3) is 0 Å². The minimum absolute atomic E-state index is 0.271. The van der Waals surface area contributed by atoms with Crippen LogP contribution in [0.4, 0.5) is 0 Å². The lowest BCUT2D eigenvalue weighted by Gasteiger charge is -2.20. The normalized spacial score (nSPS) is 22.8. The van der Waals surface area contributed by atoms with Gasteiger partial charge in [-0.25, -0.2) is 0 Å². The van der Waals surface area contributed by atoms with Crippen LogP contribution >= 0.6 is 0 Å². The Morgan fingerprint density at radius 1 is 1.71 bits per heavy atom. The molecule has 1 saturated heterocycles. The summed E-state index contributed by atoms with van der Waals surface area (Å²) in [5, 5.41) is 7.94. The third-order valence-electron chi connectivity index (χ3n) is 2.72. The van der Waals surface area contributed by atoms with Crippen molar-refractivity contribution in [1.82, 2.24) is 19.7 Å². The van der Waals surface area contributed by atoms with Gasteiger partial charge in [0.15, 0.2) is 0 Å². The zero-order chi connectivity index (χ0) is 9.97. The Hall–Kier alpha value is -1.23. The maximum atomic E-state index is 10.5. The highest BCUT2D eigenvalue weighted by Gasteiger charge is 2.28. The summed E-state index contributed by atoms with van der Waals surface area (Å²) < 4.78 is 1.92. The molecule has 1 aromatic heterocycles. The summed E-state index contributed by atoms with van der Waals surface area (Å²) in [6.45, 7) is 1.48. The second kappa shape index (κ2) is 3.88. The molecule has 76 valence electrons. The van der Waals surface area contributed by atoms with E-state index in [9.17, 15) is 4.79 Å². The van der Waals surface area contributed by atoms with Crippen molar-refractivity contribution in [2.45, 2.75) is 18.9 Å². The van der Waals surface area contributed by atoms with E-state index in [2.05, 4.69) is 15.1 Å². The molecule has 2 heterocycles. The largest absolute Gasteiger partial charge is 0.319 e. The molecule has 0 N–H and O–H groups in total. The minimum atomic E-state index is 0.271. The van der Waals surface area contributed by atoms with Gasteiger partial charge in [-0.2, -0.15) is 0 Å². The first-order valence-electron chi connectivity index (χ1n) is 4.84. The lowest BCUT2D eigenvalue weighted by molar-refractivity contribution is -0.109. The Bertz CT molecular complexity index is 322. The van der Waals surface area contributed by atoms with Gasteiger partial charge in [0.05, 0.1) is 12.6 Å². The van der Waals surface area contributed by atoms with Crippen molar-refractivity contribution in [3.05, 3.63) is 12.2 Å². The third-order valence-corrected chi connectivity index (χ3v) is 2.72. The zero-order valence-electron chi connectivity index (χ0n) is 8.26. The summed E-state index contributed by atoms with van der Waals surface area (Å²) in [5.74, 6) is 0.962. The van der Waals surface area contributed by atoms with Crippen LogP contribution in [-0.2, 0) is 11.8 Å². The van der Waals surface area contributed by atoms with Gasteiger partial charge in [0.1, 0.15) is 18.4 Å². The summed E-state index contributed by atoms with van der Waals surface area (Å²) in [5.41, 5.74) is 0. The Kier molecular flexibility index (Phi) is 2.58. The van der Waals surface area contributed by atoms with Gasteiger partial charge >= 0.3 is 0 Å². The number of aldehydes is 1. The molecule has 1 fully saturated rings. The van der Waals surface area contributed by atoms with Crippen molar-refractivity contribution in [2.75, 3.05) is 13.1 Å². The van der Waals surface area contributed by atoms with E-state index in [0.29, 0.717) is 6.54 Å². The number of nitrogens with zero attached hydrogens (tertiary/aromatic N) is 4. The molecule has 0 bridgehead atoms. The molecule has 0 radical (unpaired) electrons. The molecule has 1 atom stereocenters. The van der Waals surface area contributed by atoms with Crippen LogP contribution in [-0.4, -0.2) is 39.0 Å².